The van der Waals surface area contributed by atoms with Gasteiger partial charge in [-0.3, -0.25) is 0 Å². The molecule has 1 saturated carbocycles. The van der Waals surface area contributed by atoms with E-state index in [0.717, 1.165) is 25.2 Å². The number of rotatable bonds is 4. The van der Waals surface area contributed by atoms with Gasteiger partial charge in [-0.25, -0.2) is 4.98 Å². The zero-order chi connectivity index (χ0) is 10.7. The molecule has 1 aromatic rings. The third-order valence-corrected chi connectivity index (χ3v) is 3.08. The Morgan fingerprint density at radius 1 is 1.53 bits per heavy atom. The first-order chi connectivity index (χ1) is 7.24. The van der Waals surface area contributed by atoms with Gasteiger partial charge >= 0.3 is 0 Å². The molecule has 1 fully saturated rings. The third kappa shape index (κ3) is 2.21. The largest absolute Gasteiger partial charge is 0.397 e. The molecule has 0 radical (unpaired) electrons. The predicted octanol–water partition coefficient (Wildman–Crippen LogP) is 1.64. The quantitative estimate of drug-likeness (QED) is 0.788. The highest BCUT2D eigenvalue weighted by Gasteiger charge is 2.36. The van der Waals surface area contributed by atoms with E-state index in [2.05, 4.69) is 10.3 Å². The van der Waals surface area contributed by atoms with Crippen LogP contribution in [0.1, 0.15) is 19.3 Å². The van der Waals surface area contributed by atoms with Crippen molar-refractivity contribution in [1.29, 1.82) is 0 Å². The monoisotopic (exact) mass is 207 g/mol. The topological polar surface area (TPSA) is 60.2 Å². The number of hydrogen-bond donors (Lipinski definition) is 2. The molecule has 0 saturated heterocycles. The van der Waals surface area contributed by atoms with Crippen molar-refractivity contribution in [2.45, 2.75) is 24.9 Å². The lowest BCUT2D eigenvalue weighted by molar-refractivity contribution is -0.0601. The molecule has 15 heavy (non-hydrogen) atoms. The van der Waals surface area contributed by atoms with E-state index in [4.69, 9.17) is 10.5 Å². The summed E-state index contributed by atoms with van der Waals surface area (Å²) in [5.74, 6) is 0.854. The van der Waals surface area contributed by atoms with Crippen LogP contribution in [-0.2, 0) is 4.74 Å². The van der Waals surface area contributed by atoms with Crippen molar-refractivity contribution < 1.29 is 4.74 Å². The number of nitrogens with zero attached hydrogens (tertiary/aromatic N) is 1. The van der Waals surface area contributed by atoms with Gasteiger partial charge in [0.15, 0.2) is 0 Å². The molecule has 0 spiro atoms. The number of nitrogens with two attached hydrogens (primary N) is 1. The highest BCUT2D eigenvalue weighted by atomic mass is 16.5. The molecular formula is C11H17N3O. The van der Waals surface area contributed by atoms with E-state index in [1.54, 1.807) is 13.3 Å². The number of nitrogen functional groups attached to an aromatic ring is 1. The molecule has 2 rings (SSSR count). The number of pyridine rings is 1. The first-order valence-electron chi connectivity index (χ1n) is 5.25. The first kappa shape index (κ1) is 10.2. The summed E-state index contributed by atoms with van der Waals surface area (Å²) in [7, 11) is 1.78. The first-order valence-corrected chi connectivity index (χ1v) is 5.25. The summed E-state index contributed by atoms with van der Waals surface area (Å²) < 4.78 is 5.50. The fourth-order valence-corrected chi connectivity index (χ4v) is 1.79. The minimum Gasteiger partial charge on any atom is -0.397 e. The lowest BCUT2D eigenvalue weighted by Crippen LogP contribution is -2.45. The molecule has 82 valence electrons. The Morgan fingerprint density at radius 2 is 2.33 bits per heavy atom. The maximum atomic E-state index is 5.56. The average molecular weight is 207 g/mol. The molecule has 0 bridgehead atoms. The summed E-state index contributed by atoms with van der Waals surface area (Å²) in [6.07, 6.45) is 5.17. The number of nitrogens with one attached hydrogen (secondary N) is 1. The van der Waals surface area contributed by atoms with E-state index >= 15 is 0 Å². The molecule has 0 atom stereocenters. The molecule has 1 aliphatic rings. The lowest BCUT2D eigenvalue weighted by atomic mass is 9.80. The van der Waals surface area contributed by atoms with Gasteiger partial charge in [-0.05, 0) is 31.4 Å². The summed E-state index contributed by atoms with van der Waals surface area (Å²) in [4.78, 5) is 4.18. The van der Waals surface area contributed by atoms with Crippen LogP contribution in [0.5, 0.6) is 0 Å². The van der Waals surface area contributed by atoms with Crippen molar-refractivity contribution in [2.75, 3.05) is 24.7 Å². The number of aromatic nitrogens is 1. The van der Waals surface area contributed by atoms with E-state index in [9.17, 15) is 0 Å². The second kappa shape index (κ2) is 4.06. The highest BCUT2D eigenvalue weighted by molar-refractivity contribution is 5.43. The fraction of sp³-hybridized carbons (Fsp3) is 0.545. The number of anilines is 2. The molecule has 1 aromatic heterocycles. The van der Waals surface area contributed by atoms with Gasteiger partial charge in [-0.1, -0.05) is 0 Å². The van der Waals surface area contributed by atoms with Gasteiger partial charge < -0.3 is 15.8 Å². The van der Waals surface area contributed by atoms with E-state index < -0.39 is 0 Å². The molecule has 1 aliphatic carbocycles. The van der Waals surface area contributed by atoms with Crippen molar-refractivity contribution in [3.8, 4) is 0 Å². The highest BCUT2D eigenvalue weighted by Crippen LogP contribution is 2.34. The maximum Gasteiger partial charge on any atom is 0.126 e. The minimum atomic E-state index is 0.0308. The maximum absolute atomic E-state index is 5.56. The van der Waals surface area contributed by atoms with Crippen molar-refractivity contribution >= 4 is 11.5 Å². The van der Waals surface area contributed by atoms with Gasteiger partial charge in [0.1, 0.15) is 5.82 Å². The molecule has 0 amide bonds. The molecule has 3 N–H and O–H groups in total. The average Bonchev–Trinajstić information content (AvgIpc) is 2.20. The van der Waals surface area contributed by atoms with Gasteiger partial charge in [0, 0.05) is 13.7 Å². The Labute approximate surface area is 89.8 Å². The minimum absolute atomic E-state index is 0.0308. The summed E-state index contributed by atoms with van der Waals surface area (Å²) in [5, 5.41) is 3.27. The van der Waals surface area contributed by atoms with Crippen LogP contribution in [-0.4, -0.2) is 24.2 Å². The molecule has 4 nitrogen and oxygen atoms in total. The second-order valence-electron chi connectivity index (χ2n) is 4.07. The summed E-state index contributed by atoms with van der Waals surface area (Å²) >= 11 is 0. The predicted molar refractivity (Wildman–Crippen MR) is 60.7 cm³/mol. The van der Waals surface area contributed by atoms with E-state index in [-0.39, 0.29) is 5.60 Å². The van der Waals surface area contributed by atoms with Crippen LogP contribution < -0.4 is 11.1 Å². The fourth-order valence-electron chi connectivity index (χ4n) is 1.79. The zero-order valence-corrected chi connectivity index (χ0v) is 8.99. The van der Waals surface area contributed by atoms with Crippen molar-refractivity contribution in [3.63, 3.8) is 0 Å². The SMILES string of the molecule is COC1(CNc2ccc(N)cn2)CCC1. The summed E-state index contributed by atoms with van der Waals surface area (Å²) in [6.45, 7) is 0.820. The second-order valence-corrected chi connectivity index (χ2v) is 4.07. The van der Waals surface area contributed by atoms with Crippen LogP contribution in [0, 0.1) is 0 Å². The summed E-state index contributed by atoms with van der Waals surface area (Å²) in [5.41, 5.74) is 6.27. The van der Waals surface area contributed by atoms with Crippen LogP contribution in [0.15, 0.2) is 18.3 Å². The Morgan fingerprint density at radius 3 is 2.80 bits per heavy atom. The number of hydrogen-bond acceptors (Lipinski definition) is 4. The Hall–Kier alpha value is -1.29. The smallest absolute Gasteiger partial charge is 0.126 e. The van der Waals surface area contributed by atoms with E-state index in [1.165, 1.54) is 6.42 Å². The van der Waals surface area contributed by atoms with Crippen LogP contribution in [0.4, 0.5) is 11.5 Å². The molecule has 0 aromatic carbocycles. The van der Waals surface area contributed by atoms with Crippen LogP contribution in [0.25, 0.3) is 0 Å². The molecular weight excluding hydrogens is 190 g/mol. The van der Waals surface area contributed by atoms with Gasteiger partial charge in [0.2, 0.25) is 0 Å². The number of ether oxygens (including phenoxy) is 1. The molecule has 0 unspecified atom stereocenters. The van der Waals surface area contributed by atoms with E-state index in [1.807, 2.05) is 12.1 Å². The van der Waals surface area contributed by atoms with E-state index in [0.29, 0.717) is 5.69 Å². The van der Waals surface area contributed by atoms with Crippen molar-refractivity contribution in [1.82, 2.24) is 4.98 Å². The Kier molecular flexibility index (Phi) is 2.77. The normalized spacial score (nSPS) is 18.2. The Bertz CT molecular complexity index is 314. The van der Waals surface area contributed by atoms with Crippen molar-refractivity contribution in [2.24, 2.45) is 0 Å². The molecule has 1 heterocycles. The van der Waals surface area contributed by atoms with Gasteiger partial charge in [0.25, 0.3) is 0 Å². The summed E-state index contributed by atoms with van der Waals surface area (Å²) in [6, 6.07) is 3.73. The number of methoxy groups -OCH3 is 1. The Balaban J connectivity index is 1.90. The van der Waals surface area contributed by atoms with Crippen LogP contribution in [0.3, 0.4) is 0 Å². The van der Waals surface area contributed by atoms with Gasteiger partial charge in [0.05, 0.1) is 17.5 Å². The third-order valence-electron chi connectivity index (χ3n) is 3.08. The van der Waals surface area contributed by atoms with Gasteiger partial charge in [-0.2, -0.15) is 0 Å². The molecule has 4 heteroatoms. The lowest BCUT2D eigenvalue weighted by Gasteiger charge is -2.40. The standard InChI is InChI=1S/C11H17N3O/c1-15-11(5-2-6-11)8-14-10-4-3-9(12)7-13-10/h3-4,7H,2,5-6,8,12H2,1H3,(H,13,14). The van der Waals surface area contributed by atoms with Crippen molar-refractivity contribution in [3.05, 3.63) is 18.3 Å². The molecule has 0 aliphatic heterocycles. The zero-order valence-electron chi connectivity index (χ0n) is 8.99. The van der Waals surface area contributed by atoms with Gasteiger partial charge in [-0.15, -0.1) is 0 Å². The van der Waals surface area contributed by atoms with Crippen LogP contribution >= 0.6 is 0 Å². The van der Waals surface area contributed by atoms with Crippen LogP contribution in [0.2, 0.25) is 0 Å².